The molecule has 0 amide bonds. The summed E-state index contributed by atoms with van der Waals surface area (Å²) in [7, 11) is -6.54. The molecule has 0 spiro atoms. The molecular formula is C11H25O7PSi. The standard InChI is InChI=1S/C11H25O7PSi/c1-3-17-20(18-4-2)11(7-5-6-9-15-11)8-10-16-19(12,13)14/h20H,3-10H2,1-2H3,(H2,12,13,14). The minimum Gasteiger partial charge on any atom is -0.395 e. The number of hydrogen-bond donors (Lipinski definition) is 2. The Kier molecular flexibility index (Phi) is 7.85. The van der Waals surface area contributed by atoms with Crippen molar-refractivity contribution in [3.8, 4) is 0 Å². The van der Waals surface area contributed by atoms with Gasteiger partial charge < -0.3 is 23.4 Å². The maximum atomic E-state index is 10.8. The molecule has 1 atom stereocenters. The molecule has 1 unspecified atom stereocenters. The fourth-order valence-corrected chi connectivity index (χ4v) is 5.05. The van der Waals surface area contributed by atoms with Crippen LogP contribution in [0.1, 0.15) is 39.5 Å². The van der Waals surface area contributed by atoms with Crippen LogP contribution in [0, 0.1) is 0 Å². The van der Waals surface area contributed by atoms with Crippen LogP contribution in [0.5, 0.6) is 0 Å². The fraction of sp³-hybridized carbons (Fsp3) is 1.00. The zero-order valence-electron chi connectivity index (χ0n) is 12.1. The lowest BCUT2D eigenvalue weighted by molar-refractivity contribution is -0.0621. The summed E-state index contributed by atoms with van der Waals surface area (Å²) >= 11 is 0. The van der Waals surface area contributed by atoms with Crippen molar-refractivity contribution in [1.29, 1.82) is 0 Å². The minimum absolute atomic E-state index is 0.0616. The van der Waals surface area contributed by atoms with E-state index in [4.69, 9.17) is 23.4 Å². The average Bonchev–Trinajstić information content (AvgIpc) is 2.38. The highest BCUT2D eigenvalue weighted by Crippen LogP contribution is 2.38. The molecule has 1 saturated heterocycles. The lowest BCUT2D eigenvalue weighted by atomic mass is 10.1. The summed E-state index contributed by atoms with van der Waals surface area (Å²) in [5.41, 5.74) is 0. The Morgan fingerprint density at radius 1 is 1.25 bits per heavy atom. The highest BCUT2D eigenvalue weighted by atomic mass is 31.2. The van der Waals surface area contributed by atoms with Gasteiger partial charge in [-0.3, -0.25) is 4.52 Å². The van der Waals surface area contributed by atoms with Crippen LogP contribution in [0.4, 0.5) is 0 Å². The predicted molar refractivity (Wildman–Crippen MR) is 75.5 cm³/mol. The normalized spacial score (nSPS) is 24.2. The Hall–Kier alpha value is 0.207. The molecule has 0 aliphatic carbocycles. The number of ether oxygens (including phenoxy) is 1. The average molecular weight is 328 g/mol. The van der Waals surface area contributed by atoms with Crippen molar-refractivity contribution < 1.29 is 32.5 Å². The van der Waals surface area contributed by atoms with Gasteiger partial charge >= 0.3 is 17.1 Å². The Labute approximate surface area is 121 Å². The molecule has 1 fully saturated rings. The molecular weight excluding hydrogens is 303 g/mol. The van der Waals surface area contributed by atoms with E-state index in [2.05, 4.69) is 4.52 Å². The van der Waals surface area contributed by atoms with E-state index < -0.39 is 22.3 Å². The first-order valence-corrected chi connectivity index (χ1v) is 10.1. The molecule has 9 heteroatoms. The smallest absolute Gasteiger partial charge is 0.395 e. The molecule has 1 rings (SSSR count). The van der Waals surface area contributed by atoms with E-state index in [9.17, 15) is 4.57 Å². The SMILES string of the molecule is CCO[SiH](OCC)C1(CCOP(=O)(O)O)CCCCO1. The molecule has 2 N–H and O–H groups in total. The first kappa shape index (κ1) is 18.3. The van der Waals surface area contributed by atoms with Crippen LogP contribution in [-0.2, 0) is 22.7 Å². The largest absolute Gasteiger partial charge is 0.469 e. The third-order valence-electron chi connectivity index (χ3n) is 3.23. The molecule has 0 aromatic carbocycles. The van der Waals surface area contributed by atoms with E-state index in [1.807, 2.05) is 13.8 Å². The second kappa shape index (κ2) is 8.60. The van der Waals surface area contributed by atoms with Crippen LogP contribution in [0.15, 0.2) is 0 Å². The summed E-state index contributed by atoms with van der Waals surface area (Å²) in [6.07, 6.45) is 3.16. The fourth-order valence-electron chi connectivity index (χ4n) is 2.37. The first-order valence-electron chi connectivity index (χ1n) is 7.01. The molecule has 0 saturated carbocycles. The summed E-state index contributed by atoms with van der Waals surface area (Å²) in [5, 5.41) is -0.556. The monoisotopic (exact) mass is 328 g/mol. The molecule has 1 aliphatic heterocycles. The van der Waals surface area contributed by atoms with Gasteiger partial charge in [0.1, 0.15) is 5.22 Å². The van der Waals surface area contributed by atoms with Crippen LogP contribution >= 0.6 is 7.82 Å². The summed E-state index contributed by atoms with van der Waals surface area (Å²) in [4.78, 5) is 17.5. The minimum atomic E-state index is -4.45. The molecule has 7 nitrogen and oxygen atoms in total. The van der Waals surface area contributed by atoms with Crippen LogP contribution in [0.3, 0.4) is 0 Å². The Balaban J connectivity index is 2.70. The first-order chi connectivity index (χ1) is 9.43. The van der Waals surface area contributed by atoms with Gasteiger partial charge in [-0.2, -0.15) is 0 Å². The van der Waals surface area contributed by atoms with E-state index in [1.54, 1.807) is 0 Å². The maximum Gasteiger partial charge on any atom is 0.469 e. The molecule has 1 heterocycles. The maximum absolute atomic E-state index is 10.8. The number of phosphoric acid groups is 1. The summed E-state index contributed by atoms with van der Waals surface area (Å²) in [6, 6.07) is 0. The number of hydrogen-bond acceptors (Lipinski definition) is 5. The van der Waals surface area contributed by atoms with Crippen molar-refractivity contribution in [1.82, 2.24) is 0 Å². The molecule has 1 aliphatic rings. The van der Waals surface area contributed by atoms with Gasteiger partial charge in [0, 0.05) is 26.2 Å². The van der Waals surface area contributed by atoms with Gasteiger partial charge in [0.15, 0.2) is 0 Å². The van der Waals surface area contributed by atoms with Gasteiger partial charge in [-0.15, -0.1) is 0 Å². The van der Waals surface area contributed by atoms with Gasteiger partial charge in [-0.25, -0.2) is 4.57 Å². The second-order valence-electron chi connectivity index (χ2n) is 4.69. The Bertz CT molecular complexity index is 310. The topological polar surface area (TPSA) is 94.5 Å². The number of rotatable bonds is 9. The van der Waals surface area contributed by atoms with Crippen LogP contribution in [0.2, 0.25) is 0 Å². The summed E-state index contributed by atoms with van der Waals surface area (Å²) in [5.74, 6) is 0. The molecule has 0 bridgehead atoms. The predicted octanol–water partition coefficient (Wildman–Crippen LogP) is 1.26. The van der Waals surface area contributed by atoms with Gasteiger partial charge in [-0.1, -0.05) is 0 Å². The van der Waals surface area contributed by atoms with Gasteiger partial charge in [0.05, 0.1) is 6.61 Å². The molecule has 20 heavy (non-hydrogen) atoms. The third-order valence-corrected chi connectivity index (χ3v) is 6.63. The highest BCUT2D eigenvalue weighted by Gasteiger charge is 2.45. The Morgan fingerprint density at radius 3 is 2.35 bits per heavy atom. The van der Waals surface area contributed by atoms with Crippen LogP contribution in [-0.4, -0.2) is 50.7 Å². The lowest BCUT2D eigenvalue weighted by Crippen LogP contribution is -2.54. The van der Waals surface area contributed by atoms with E-state index >= 15 is 0 Å². The Morgan fingerprint density at radius 2 is 1.90 bits per heavy atom. The van der Waals surface area contributed by atoms with Gasteiger partial charge in [0.25, 0.3) is 0 Å². The van der Waals surface area contributed by atoms with E-state index in [-0.39, 0.29) is 6.61 Å². The zero-order chi connectivity index (χ0) is 15.1. The van der Waals surface area contributed by atoms with E-state index in [0.29, 0.717) is 26.2 Å². The van der Waals surface area contributed by atoms with Gasteiger partial charge in [-0.05, 0) is 33.1 Å². The molecule has 120 valence electrons. The molecule has 0 radical (unpaired) electrons. The van der Waals surface area contributed by atoms with Crippen molar-refractivity contribution in [2.45, 2.75) is 44.8 Å². The van der Waals surface area contributed by atoms with Crippen molar-refractivity contribution in [3.63, 3.8) is 0 Å². The summed E-state index contributed by atoms with van der Waals surface area (Å²) < 4.78 is 32.8. The third kappa shape index (κ3) is 5.91. The molecule has 0 aromatic rings. The summed E-state index contributed by atoms with van der Waals surface area (Å²) in [6.45, 7) is 5.46. The highest BCUT2D eigenvalue weighted by molar-refractivity contribution is 7.46. The van der Waals surface area contributed by atoms with Crippen molar-refractivity contribution >= 4 is 17.1 Å². The van der Waals surface area contributed by atoms with E-state index in [1.165, 1.54) is 0 Å². The second-order valence-corrected chi connectivity index (χ2v) is 8.31. The van der Waals surface area contributed by atoms with E-state index in [0.717, 1.165) is 19.3 Å². The lowest BCUT2D eigenvalue weighted by Gasteiger charge is -2.41. The molecule has 0 aromatic heterocycles. The van der Waals surface area contributed by atoms with Crippen LogP contribution < -0.4 is 0 Å². The van der Waals surface area contributed by atoms with Gasteiger partial charge in [0.2, 0.25) is 0 Å². The van der Waals surface area contributed by atoms with Crippen LogP contribution in [0.25, 0.3) is 0 Å². The van der Waals surface area contributed by atoms with Crippen molar-refractivity contribution in [2.75, 3.05) is 26.4 Å². The van der Waals surface area contributed by atoms with Crippen molar-refractivity contribution in [2.24, 2.45) is 0 Å². The number of phosphoric ester groups is 1. The zero-order valence-corrected chi connectivity index (χ0v) is 14.2. The van der Waals surface area contributed by atoms with Crippen molar-refractivity contribution in [3.05, 3.63) is 0 Å². The quantitative estimate of drug-likeness (QED) is 0.486.